The Kier molecular flexibility index (Phi) is 10.8. The van der Waals surface area contributed by atoms with E-state index in [4.69, 9.17) is 9.97 Å². The normalized spacial score (nSPS) is 12.1. The average molecular weight is 924 g/mol. The van der Waals surface area contributed by atoms with Gasteiger partial charge in [-0.15, -0.1) is 64.7 Å². The molecule has 4 heteroatoms. The Morgan fingerprint density at radius 2 is 1.19 bits per heavy atom. The van der Waals surface area contributed by atoms with E-state index in [-0.39, 0.29) is 25.5 Å². The number of fused-ring (bicyclic) bond motifs is 4. The minimum absolute atomic E-state index is 0. The molecule has 10 rings (SSSR count). The third-order valence-electron chi connectivity index (χ3n) is 11.1. The summed E-state index contributed by atoms with van der Waals surface area (Å²) in [5.41, 5.74) is 18.3. The summed E-state index contributed by atoms with van der Waals surface area (Å²) in [6.07, 6.45) is 1.92. The van der Waals surface area contributed by atoms with Crippen LogP contribution in [0.3, 0.4) is 0 Å². The van der Waals surface area contributed by atoms with Crippen molar-refractivity contribution in [1.82, 2.24) is 15.0 Å². The van der Waals surface area contributed by atoms with Gasteiger partial charge in [-0.05, 0) is 70.0 Å². The molecule has 1 aliphatic rings. The molecule has 0 N–H and O–H groups in total. The van der Waals surface area contributed by atoms with Gasteiger partial charge >= 0.3 is 0 Å². The van der Waals surface area contributed by atoms with Gasteiger partial charge in [0.05, 0.1) is 17.0 Å². The average Bonchev–Trinajstić information content (AvgIpc) is 3.49. The number of hydrogen-bond acceptors (Lipinski definition) is 3. The number of benzene rings is 7. The van der Waals surface area contributed by atoms with E-state index in [2.05, 4.69) is 178 Å². The molecule has 1 radical (unpaired) electrons. The number of para-hydroxylation sites is 1. The molecule has 0 saturated carbocycles. The zero-order valence-electron chi connectivity index (χ0n) is 32.9. The van der Waals surface area contributed by atoms with Gasteiger partial charge in [-0.1, -0.05) is 153 Å². The second-order valence-electron chi connectivity index (χ2n) is 15.2. The van der Waals surface area contributed by atoms with Crippen molar-refractivity contribution in [3.63, 3.8) is 0 Å². The summed E-state index contributed by atoms with van der Waals surface area (Å²) in [6.45, 7) is 8.88. The Balaban J connectivity index is 0.000000167. The topological polar surface area (TPSA) is 38.7 Å². The van der Waals surface area contributed by atoms with E-state index >= 15 is 0 Å². The molecule has 0 fully saturated rings. The van der Waals surface area contributed by atoms with Crippen LogP contribution in [0.15, 0.2) is 176 Å². The number of hydrogen-bond donors (Lipinski definition) is 0. The van der Waals surface area contributed by atoms with Gasteiger partial charge < -0.3 is 4.98 Å². The molecule has 9 aromatic rings. The number of aromatic nitrogens is 3. The first-order valence-corrected chi connectivity index (χ1v) is 19.4. The van der Waals surface area contributed by atoms with Crippen molar-refractivity contribution in [3.05, 3.63) is 210 Å². The second-order valence-corrected chi connectivity index (χ2v) is 15.2. The van der Waals surface area contributed by atoms with Crippen LogP contribution in [-0.2, 0) is 25.5 Å². The summed E-state index contributed by atoms with van der Waals surface area (Å²) in [7, 11) is 0. The summed E-state index contributed by atoms with van der Waals surface area (Å²) >= 11 is 0. The van der Waals surface area contributed by atoms with Gasteiger partial charge in [0, 0.05) is 37.3 Å². The van der Waals surface area contributed by atoms with Gasteiger partial charge in [0.2, 0.25) is 0 Å². The predicted molar refractivity (Wildman–Crippen MR) is 236 cm³/mol. The third kappa shape index (κ3) is 7.34. The second kappa shape index (κ2) is 16.3. The van der Waals surface area contributed by atoms with Crippen molar-refractivity contribution in [2.45, 2.75) is 33.1 Å². The van der Waals surface area contributed by atoms with Crippen molar-refractivity contribution >= 4 is 10.9 Å². The maximum Gasteiger partial charge on any atom is 0.0763 e. The molecule has 0 saturated heterocycles. The number of pyridine rings is 1. The fourth-order valence-corrected chi connectivity index (χ4v) is 8.12. The van der Waals surface area contributed by atoms with Crippen LogP contribution in [0.4, 0.5) is 0 Å². The third-order valence-corrected chi connectivity index (χ3v) is 11.1. The summed E-state index contributed by atoms with van der Waals surface area (Å²) in [5, 5.41) is 1.08. The van der Waals surface area contributed by atoms with Gasteiger partial charge in [0.15, 0.2) is 0 Å². The molecule has 0 atom stereocenters. The van der Waals surface area contributed by atoms with Gasteiger partial charge in [-0.3, -0.25) is 9.97 Å². The van der Waals surface area contributed by atoms with Crippen molar-refractivity contribution in [3.8, 4) is 67.3 Å². The molecule has 0 spiro atoms. The van der Waals surface area contributed by atoms with Gasteiger partial charge in [-0.25, -0.2) is 0 Å². The molecule has 1 aliphatic carbocycles. The number of nitrogens with zero attached hydrogens (tertiary/aromatic N) is 3. The molecule has 0 amide bonds. The van der Waals surface area contributed by atoms with Crippen LogP contribution in [0.2, 0.25) is 0 Å². The first-order chi connectivity index (χ1) is 27.8. The molecule has 58 heavy (non-hydrogen) atoms. The van der Waals surface area contributed by atoms with Crippen LogP contribution >= 0.6 is 0 Å². The number of rotatable bonds is 5. The molecule has 3 nitrogen and oxygen atoms in total. The first kappa shape index (κ1) is 38.5. The van der Waals surface area contributed by atoms with E-state index in [9.17, 15) is 0 Å². The molecular formula is C54H41IrN3-2. The van der Waals surface area contributed by atoms with Crippen LogP contribution < -0.4 is 0 Å². The Labute approximate surface area is 354 Å². The molecule has 7 aromatic carbocycles. The van der Waals surface area contributed by atoms with Crippen molar-refractivity contribution < 1.29 is 20.1 Å². The Morgan fingerprint density at radius 3 is 1.91 bits per heavy atom. The van der Waals surface area contributed by atoms with Crippen molar-refractivity contribution in [2.24, 2.45) is 0 Å². The van der Waals surface area contributed by atoms with E-state index in [1.54, 1.807) is 0 Å². The molecule has 283 valence electrons. The molecule has 2 heterocycles. The quantitative estimate of drug-likeness (QED) is 0.161. The summed E-state index contributed by atoms with van der Waals surface area (Å²) in [4.78, 5) is 14.7. The fourth-order valence-electron chi connectivity index (χ4n) is 8.12. The van der Waals surface area contributed by atoms with Crippen LogP contribution in [0.1, 0.15) is 36.1 Å². The molecule has 0 aliphatic heterocycles. The van der Waals surface area contributed by atoms with Crippen LogP contribution in [0, 0.1) is 26.0 Å². The van der Waals surface area contributed by atoms with Gasteiger partial charge in [0.25, 0.3) is 0 Å². The van der Waals surface area contributed by atoms with Crippen molar-refractivity contribution in [1.29, 1.82) is 0 Å². The molecule has 2 aromatic heterocycles. The minimum Gasteiger partial charge on any atom is -0.304 e. The maximum absolute atomic E-state index is 5.14. The van der Waals surface area contributed by atoms with Gasteiger partial charge in [-0.2, -0.15) is 0 Å². The monoisotopic (exact) mass is 924 g/mol. The van der Waals surface area contributed by atoms with E-state index in [0.717, 1.165) is 44.8 Å². The fraction of sp³-hybridized carbons (Fsp3) is 0.0926. The first-order valence-electron chi connectivity index (χ1n) is 19.4. The van der Waals surface area contributed by atoms with Crippen LogP contribution in [0.25, 0.3) is 78.2 Å². The standard InChI is InChI=1S/C31H25N2.C23H16N.Ir/c1-19-10-9-11-20(2)28(19)29-23-13-6-8-15-27(23)32-30(33-29)21-16-17-26-24(18-21)22-12-5-7-14-25(22)31(26,3)4;1-3-8-18(9-4-1)20-12-7-13-21(16-20)23-15-14-22(17-24-23)19-10-5-2-6-11-19;/h5-15,17-18H,1-4H3;1-12,14-17H;/q2*-1;. The zero-order chi connectivity index (χ0) is 38.9. The summed E-state index contributed by atoms with van der Waals surface area (Å²) < 4.78 is 0. The van der Waals surface area contributed by atoms with Crippen LogP contribution in [-0.4, -0.2) is 15.0 Å². The molecule has 0 bridgehead atoms. The van der Waals surface area contributed by atoms with E-state index in [1.807, 2.05) is 42.6 Å². The van der Waals surface area contributed by atoms with Gasteiger partial charge in [0.1, 0.15) is 0 Å². The zero-order valence-corrected chi connectivity index (χ0v) is 35.3. The minimum atomic E-state index is -0.0331. The Bertz CT molecular complexity index is 2860. The van der Waals surface area contributed by atoms with Crippen molar-refractivity contribution in [2.75, 3.05) is 0 Å². The van der Waals surface area contributed by atoms with E-state index in [1.165, 1.54) is 55.6 Å². The van der Waals surface area contributed by atoms with E-state index in [0.29, 0.717) is 0 Å². The largest absolute Gasteiger partial charge is 0.304 e. The number of aryl methyl sites for hydroxylation is 2. The summed E-state index contributed by atoms with van der Waals surface area (Å²) in [5.74, 6) is 0.719. The molecule has 0 unspecified atom stereocenters. The smallest absolute Gasteiger partial charge is 0.0763 e. The maximum atomic E-state index is 5.14. The Hall–Kier alpha value is -6.32. The SMILES string of the molecule is Cc1cccc(C)c1-c1nc(-c2[c-]cc3c(c2)-c2ccccc2C3(C)C)nc2ccccc12.[Ir].[c-]1ccc(-c2ccccc2)cc1-c1ccc(-c2ccccc2)cn1. The van der Waals surface area contributed by atoms with E-state index < -0.39 is 0 Å². The Morgan fingerprint density at radius 1 is 0.517 bits per heavy atom. The molecular weight excluding hydrogens is 883 g/mol. The van der Waals surface area contributed by atoms with Crippen LogP contribution in [0.5, 0.6) is 0 Å². The predicted octanol–water partition coefficient (Wildman–Crippen LogP) is 13.6. The summed E-state index contributed by atoms with van der Waals surface area (Å²) in [6, 6.07) is 65.6.